The van der Waals surface area contributed by atoms with Crippen LogP contribution in [0.15, 0.2) is 23.3 Å². The Kier molecular flexibility index (Phi) is 47.1. The summed E-state index contributed by atoms with van der Waals surface area (Å²) in [7, 11) is 3.75. The molecule has 0 aliphatic heterocycles. The Morgan fingerprint density at radius 2 is 1.17 bits per heavy atom. The van der Waals surface area contributed by atoms with Crippen molar-refractivity contribution in [3.8, 4) is 0 Å². The second kappa shape index (κ2) is 32.1. The lowest BCUT2D eigenvalue weighted by molar-refractivity contribution is 0.0734. The van der Waals surface area contributed by atoms with Crippen molar-refractivity contribution >= 4 is 0 Å². The molecule has 1 rings (SSSR count). The molecule has 1 atom stereocenters. The van der Waals surface area contributed by atoms with Crippen molar-refractivity contribution < 1.29 is 0 Å². The summed E-state index contributed by atoms with van der Waals surface area (Å²) in [6.07, 6.45) is 9.63. The van der Waals surface area contributed by atoms with Crippen LogP contribution in [-0.2, 0) is 0 Å². The minimum Gasteiger partial charge on any atom is -0.323 e. The summed E-state index contributed by atoms with van der Waals surface area (Å²) < 4.78 is 0. The van der Waals surface area contributed by atoms with Gasteiger partial charge in [0, 0.05) is 0 Å². The minimum atomic E-state index is 0.404. The summed E-state index contributed by atoms with van der Waals surface area (Å²) in [5.41, 5.74) is 4.12. The van der Waals surface area contributed by atoms with Crippen LogP contribution in [-0.4, -0.2) is 14.1 Å². The van der Waals surface area contributed by atoms with E-state index in [0.29, 0.717) is 10.8 Å². The van der Waals surface area contributed by atoms with Gasteiger partial charge in [0.1, 0.15) is 0 Å². The maximum absolute atomic E-state index is 2.75. The first-order valence-corrected chi connectivity index (χ1v) is 12.6. The maximum atomic E-state index is 2.75. The Morgan fingerprint density at radius 1 is 0.828 bits per heavy atom. The first-order valence-electron chi connectivity index (χ1n) is 12.6. The smallest absolute Gasteiger partial charge is 0.0167 e. The quantitative estimate of drug-likeness (QED) is 0.452. The fraction of sp³-hybridized carbons (Fsp3) is 0.857. The first-order chi connectivity index (χ1) is 13.7. The molecule has 0 aromatic carbocycles. The summed E-state index contributed by atoms with van der Waals surface area (Å²) in [5, 5.41) is 2.75. The second-order valence-corrected chi connectivity index (χ2v) is 6.96. The van der Waals surface area contributed by atoms with E-state index in [1.165, 1.54) is 25.7 Å². The first kappa shape index (κ1) is 42.5. The molecular weight excluding hydrogens is 350 g/mol. The zero-order valence-electron chi connectivity index (χ0n) is 24.5. The van der Waals surface area contributed by atoms with Crippen LogP contribution in [0.1, 0.15) is 136 Å². The van der Waals surface area contributed by atoms with Crippen molar-refractivity contribution in [1.82, 2.24) is 5.32 Å². The number of rotatable bonds is 3. The molecule has 0 aromatic heterocycles. The molecule has 0 amide bonds. The Labute approximate surface area is 190 Å². The third kappa shape index (κ3) is 22.0. The van der Waals surface area contributed by atoms with Crippen molar-refractivity contribution in [2.24, 2.45) is 10.8 Å². The fourth-order valence-electron chi connectivity index (χ4n) is 2.74. The van der Waals surface area contributed by atoms with E-state index in [9.17, 15) is 0 Å². The highest BCUT2D eigenvalue weighted by Gasteiger charge is 2.41. The van der Waals surface area contributed by atoms with E-state index in [1.54, 1.807) is 11.1 Å². The number of hydrogen-bond donors (Lipinski definition) is 1. The molecule has 1 N–H and O–H groups in total. The molecule has 0 spiro atoms. The van der Waals surface area contributed by atoms with Crippen LogP contribution in [0.2, 0.25) is 0 Å². The van der Waals surface area contributed by atoms with Gasteiger partial charge >= 0.3 is 0 Å². The third-order valence-electron chi connectivity index (χ3n) is 4.93. The van der Waals surface area contributed by atoms with Crippen molar-refractivity contribution in [3.63, 3.8) is 0 Å². The van der Waals surface area contributed by atoms with Crippen LogP contribution < -0.4 is 5.32 Å². The zero-order chi connectivity index (χ0) is 25.1. The number of hydrogen-bond acceptors (Lipinski definition) is 1. The van der Waals surface area contributed by atoms with Gasteiger partial charge in [-0.2, -0.15) is 0 Å². The molecule has 0 aromatic rings. The van der Waals surface area contributed by atoms with Crippen molar-refractivity contribution in [2.75, 3.05) is 14.1 Å². The molecule has 1 unspecified atom stereocenters. The summed E-state index contributed by atoms with van der Waals surface area (Å²) in [6, 6.07) is 0. The molecule has 29 heavy (non-hydrogen) atoms. The minimum absolute atomic E-state index is 0.404. The molecule has 1 heteroatoms. The van der Waals surface area contributed by atoms with E-state index in [4.69, 9.17) is 0 Å². The molecule has 182 valence electrons. The molecule has 1 aliphatic rings. The third-order valence-corrected chi connectivity index (χ3v) is 4.93. The summed E-state index contributed by atoms with van der Waals surface area (Å²) in [4.78, 5) is 0. The van der Waals surface area contributed by atoms with E-state index in [2.05, 4.69) is 59.0 Å². The van der Waals surface area contributed by atoms with Crippen LogP contribution in [0.3, 0.4) is 0 Å². The monoisotopic (exact) mass is 416 g/mol. The van der Waals surface area contributed by atoms with Gasteiger partial charge in [-0.15, -0.1) is 0 Å². The summed E-state index contributed by atoms with van der Waals surface area (Å²) in [5.74, 6) is 0. The SMILES string of the molecule is C/C=C/CC(C)(C)C1(C)CCC(C)=C(C)C1.CC.CC.CC.CC.CC.CNC. The molecular formula is C28H65N. The predicted molar refractivity (Wildman–Crippen MR) is 145 cm³/mol. The molecule has 1 aliphatic carbocycles. The van der Waals surface area contributed by atoms with Crippen molar-refractivity contribution in [3.05, 3.63) is 23.3 Å². The Hall–Kier alpha value is -0.560. The summed E-state index contributed by atoms with van der Waals surface area (Å²) in [6.45, 7) is 34.1. The van der Waals surface area contributed by atoms with Gasteiger partial charge in [-0.3, -0.25) is 0 Å². The van der Waals surface area contributed by atoms with Crippen LogP contribution in [0.4, 0.5) is 0 Å². The normalized spacial score (nSPS) is 17.0. The Morgan fingerprint density at radius 3 is 1.45 bits per heavy atom. The van der Waals surface area contributed by atoms with Gasteiger partial charge in [0.05, 0.1) is 0 Å². The summed E-state index contributed by atoms with van der Waals surface area (Å²) >= 11 is 0. The van der Waals surface area contributed by atoms with E-state index in [-0.39, 0.29) is 0 Å². The molecule has 0 fully saturated rings. The maximum Gasteiger partial charge on any atom is -0.0167 e. The highest BCUT2D eigenvalue weighted by atomic mass is 14.7. The highest BCUT2D eigenvalue weighted by Crippen LogP contribution is 2.52. The molecule has 0 saturated heterocycles. The number of nitrogens with one attached hydrogen (secondary N) is 1. The largest absolute Gasteiger partial charge is 0.323 e. The average Bonchev–Trinajstić information content (AvgIpc) is 2.77. The van der Waals surface area contributed by atoms with E-state index in [1.807, 2.05) is 83.3 Å². The van der Waals surface area contributed by atoms with Gasteiger partial charge in [0.2, 0.25) is 0 Å². The highest BCUT2D eigenvalue weighted by molar-refractivity contribution is 5.18. The van der Waals surface area contributed by atoms with Gasteiger partial charge in [0.15, 0.2) is 0 Å². The average molecular weight is 416 g/mol. The predicted octanol–water partition coefficient (Wildman–Crippen LogP) is 10.5. The van der Waals surface area contributed by atoms with Gasteiger partial charge in [0.25, 0.3) is 0 Å². The van der Waals surface area contributed by atoms with E-state index >= 15 is 0 Å². The molecule has 0 bridgehead atoms. The second-order valence-electron chi connectivity index (χ2n) is 6.96. The lowest BCUT2D eigenvalue weighted by Gasteiger charge is -2.47. The topological polar surface area (TPSA) is 12.0 Å². The lowest BCUT2D eigenvalue weighted by atomic mass is 9.58. The molecule has 1 nitrogen and oxygen atoms in total. The van der Waals surface area contributed by atoms with Crippen molar-refractivity contribution in [1.29, 1.82) is 0 Å². The van der Waals surface area contributed by atoms with Crippen LogP contribution >= 0.6 is 0 Å². The van der Waals surface area contributed by atoms with Crippen LogP contribution in [0, 0.1) is 10.8 Å². The zero-order valence-corrected chi connectivity index (χ0v) is 24.5. The Balaban J connectivity index is -0.0000000858. The Bertz CT molecular complexity index is 323. The molecule has 0 heterocycles. The molecule has 0 saturated carbocycles. The number of allylic oxidation sites excluding steroid dienone is 4. The van der Waals surface area contributed by atoms with Gasteiger partial charge < -0.3 is 5.32 Å². The van der Waals surface area contributed by atoms with Crippen LogP contribution in [0.25, 0.3) is 0 Å². The van der Waals surface area contributed by atoms with E-state index in [0.717, 1.165) is 0 Å². The van der Waals surface area contributed by atoms with Crippen molar-refractivity contribution in [2.45, 2.75) is 136 Å². The van der Waals surface area contributed by atoms with Gasteiger partial charge in [-0.1, -0.05) is 113 Å². The standard InChI is InChI=1S/C16H28.C2H7N.5C2H6/c1-7-8-10-15(4,5)16(6)11-9-13(2)14(3)12-16;1-3-2;5*1-2/h7-8H,9-12H2,1-6H3;3H,1-2H3;5*1-2H3/b8-7+;;;;;;. The van der Waals surface area contributed by atoms with E-state index < -0.39 is 0 Å². The fourth-order valence-corrected chi connectivity index (χ4v) is 2.74. The molecule has 0 radical (unpaired) electrons. The lowest BCUT2D eigenvalue weighted by Crippen LogP contribution is -2.37. The van der Waals surface area contributed by atoms with Gasteiger partial charge in [-0.05, 0) is 71.4 Å². The van der Waals surface area contributed by atoms with Crippen LogP contribution in [0.5, 0.6) is 0 Å². The van der Waals surface area contributed by atoms with Gasteiger partial charge in [-0.25, -0.2) is 0 Å².